The number of hydrogen-bond donors (Lipinski definition) is 5. The molecule has 0 spiro atoms. The van der Waals surface area contributed by atoms with Gasteiger partial charge in [-0.15, -0.1) is 0 Å². The molecule has 176 valence electrons. The maximum absolute atomic E-state index is 11.2. The van der Waals surface area contributed by atoms with Crippen LogP contribution in [0.15, 0.2) is 6.07 Å². The molecular weight excluding hydrogens is 400 g/mol. The molecule has 7 nitrogen and oxygen atoms in total. The zero-order valence-corrected chi connectivity index (χ0v) is 19.2. The first kappa shape index (κ1) is 26.6. The second kappa shape index (κ2) is 11.3. The van der Waals surface area contributed by atoms with E-state index in [2.05, 4.69) is 0 Å². The Morgan fingerprint density at radius 1 is 0.710 bits per heavy atom. The Morgan fingerprint density at radius 3 is 1.61 bits per heavy atom. The monoisotopic (exact) mass is 438 g/mol. The van der Waals surface area contributed by atoms with Gasteiger partial charge in [-0.2, -0.15) is 0 Å². The van der Waals surface area contributed by atoms with Crippen molar-refractivity contribution in [1.82, 2.24) is 0 Å². The number of phenolic OH excluding ortho intramolecular Hbond substituents is 3. The molecule has 1 rings (SSSR count). The maximum atomic E-state index is 11.2. The molecule has 0 heterocycles. The van der Waals surface area contributed by atoms with Crippen molar-refractivity contribution in [2.75, 3.05) is 0 Å². The fraction of sp³-hybridized carbons (Fsp3) is 0.667. The van der Waals surface area contributed by atoms with Crippen molar-refractivity contribution in [3.8, 4) is 17.2 Å². The molecule has 0 aliphatic rings. The molecule has 1 aromatic carbocycles. The van der Waals surface area contributed by atoms with E-state index < -0.39 is 22.8 Å². The zero-order valence-electron chi connectivity index (χ0n) is 19.2. The van der Waals surface area contributed by atoms with Gasteiger partial charge in [-0.3, -0.25) is 9.59 Å². The topological polar surface area (TPSA) is 135 Å². The van der Waals surface area contributed by atoms with E-state index >= 15 is 0 Å². The van der Waals surface area contributed by atoms with Crippen LogP contribution in [0.3, 0.4) is 0 Å². The van der Waals surface area contributed by atoms with Crippen molar-refractivity contribution in [2.45, 2.75) is 91.9 Å². The summed E-state index contributed by atoms with van der Waals surface area (Å²) in [5, 5.41) is 49.1. The Hall–Kier alpha value is -2.44. The lowest BCUT2D eigenvalue weighted by molar-refractivity contribution is -0.148. The molecule has 0 amide bonds. The van der Waals surface area contributed by atoms with Crippen LogP contribution in [0.5, 0.6) is 17.2 Å². The molecule has 31 heavy (non-hydrogen) atoms. The van der Waals surface area contributed by atoms with Crippen molar-refractivity contribution >= 4 is 11.9 Å². The number of benzene rings is 1. The molecule has 0 aromatic heterocycles. The van der Waals surface area contributed by atoms with E-state index in [1.807, 2.05) is 0 Å². The summed E-state index contributed by atoms with van der Waals surface area (Å²) >= 11 is 0. The molecule has 0 radical (unpaired) electrons. The predicted molar refractivity (Wildman–Crippen MR) is 119 cm³/mol. The highest BCUT2D eigenvalue weighted by Gasteiger charge is 2.27. The number of carboxylic acids is 2. The van der Waals surface area contributed by atoms with Crippen molar-refractivity contribution in [2.24, 2.45) is 10.8 Å². The van der Waals surface area contributed by atoms with Crippen LogP contribution in [0.2, 0.25) is 0 Å². The average Bonchev–Trinajstić information content (AvgIpc) is 2.67. The average molecular weight is 439 g/mol. The Labute approximate surface area is 184 Å². The second-order valence-corrected chi connectivity index (χ2v) is 9.73. The molecule has 5 N–H and O–H groups in total. The fourth-order valence-corrected chi connectivity index (χ4v) is 3.51. The van der Waals surface area contributed by atoms with Crippen LogP contribution in [0.1, 0.15) is 90.2 Å². The molecule has 1 aromatic rings. The molecule has 0 saturated carbocycles. The second-order valence-electron chi connectivity index (χ2n) is 9.73. The van der Waals surface area contributed by atoms with Crippen LogP contribution in [0, 0.1) is 10.8 Å². The molecule has 0 aliphatic carbocycles. The summed E-state index contributed by atoms with van der Waals surface area (Å²) in [5.41, 5.74) is -0.650. The van der Waals surface area contributed by atoms with Gasteiger partial charge in [-0.25, -0.2) is 0 Å². The van der Waals surface area contributed by atoms with E-state index in [4.69, 9.17) is 10.2 Å². The van der Waals surface area contributed by atoms with Crippen LogP contribution in [0.25, 0.3) is 0 Å². The first-order valence-electron chi connectivity index (χ1n) is 11.0. The van der Waals surface area contributed by atoms with E-state index in [-0.39, 0.29) is 17.2 Å². The third-order valence-electron chi connectivity index (χ3n) is 6.06. The first-order chi connectivity index (χ1) is 14.3. The Balaban J connectivity index is 2.60. The summed E-state index contributed by atoms with van der Waals surface area (Å²) < 4.78 is 0. The number of aromatic hydroxyl groups is 3. The normalized spacial score (nSPS) is 12.1. The molecule has 0 fully saturated rings. The van der Waals surface area contributed by atoms with Gasteiger partial charge in [0.2, 0.25) is 0 Å². The Kier molecular flexibility index (Phi) is 9.66. The highest BCUT2D eigenvalue weighted by Crippen LogP contribution is 2.40. The van der Waals surface area contributed by atoms with Crippen molar-refractivity contribution in [1.29, 1.82) is 0 Å². The molecule has 0 saturated heterocycles. The van der Waals surface area contributed by atoms with Gasteiger partial charge >= 0.3 is 11.9 Å². The van der Waals surface area contributed by atoms with Crippen LogP contribution < -0.4 is 0 Å². The largest absolute Gasteiger partial charge is 0.507 e. The smallest absolute Gasteiger partial charge is 0.309 e. The molecule has 0 atom stereocenters. The van der Waals surface area contributed by atoms with Gasteiger partial charge in [0.05, 0.1) is 10.8 Å². The predicted octanol–water partition coefficient (Wildman–Crippen LogP) is 5.23. The lowest BCUT2D eigenvalue weighted by Crippen LogP contribution is -2.23. The van der Waals surface area contributed by atoms with E-state index in [1.54, 1.807) is 27.7 Å². The lowest BCUT2D eigenvalue weighted by atomic mass is 9.86. The number of hydrogen-bond acceptors (Lipinski definition) is 5. The maximum Gasteiger partial charge on any atom is 0.309 e. The van der Waals surface area contributed by atoms with E-state index in [1.165, 1.54) is 6.07 Å². The quantitative estimate of drug-likeness (QED) is 0.152. The summed E-state index contributed by atoms with van der Waals surface area (Å²) in [5.74, 6) is -2.22. The van der Waals surface area contributed by atoms with Gasteiger partial charge in [-0.05, 0) is 77.8 Å². The molecule has 0 bridgehead atoms. The molecule has 7 heteroatoms. The number of aryl methyl sites for hydroxylation is 1. The summed E-state index contributed by atoms with van der Waals surface area (Å²) in [7, 11) is 0. The first-order valence-corrected chi connectivity index (χ1v) is 11.0. The number of phenols is 3. The van der Waals surface area contributed by atoms with Crippen LogP contribution in [-0.2, 0) is 22.4 Å². The third kappa shape index (κ3) is 7.96. The van der Waals surface area contributed by atoms with Gasteiger partial charge in [-0.1, -0.05) is 25.7 Å². The Morgan fingerprint density at radius 2 is 1.16 bits per heavy atom. The van der Waals surface area contributed by atoms with Crippen molar-refractivity contribution < 1.29 is 35.1 Å². The minimum Gasteiger partial charge on any atom is -0.507 e. The van der Waals surface area contributed by atoms with Crippen LogP contribution in [0.4, 0.5) is 0 Å². The van der Waals surface area contributed by atoms with Crippen LogP contribution >= 0.6 is 0 Å². The molecular formula is C24H38O7. The van der Waals surface area contributed by atoms with E-state index in [0.29, 0.717) is 43.2 Å². The highest BCUT2D eigenvalue weighted by molar-refractivity contribution is 5.73. The standard InChI is InChI=1S/C24H38O7/c1-23(2,21(28)29)13-9-5-7-11-16-15-18(25)20(27)17(19(16)26)12-8-6-10-14-24(3,4)22(30)31/h15,25-27H,5-14H2,1-4H3,(H,28,29)(H,30,31). The van der Waals surface area contributed by atoms with Crippen molar-refractivity contribution in [3.05, 3.63) is 17.2 Å². The minimum atomic E-state index is -0.827. The highest BCUT2D eigenvalue weighted by atomic mass is 16.4. The number of unbranched alkanes of at least 4 members (excludes halogenated alkanes) is 4. The van der Waals surface area contributed by atoms with Gasteiger partial charge in [0, 0.05) is 5.56 Å². The van der Waals surface area contributed by atoms with Gasteiger partial charge in [0.15, 0.2) is 11.5 Å². The van der Waals surface area contributed by atoms with Crippen molar-refractivity contribution in [3.63, 3.8) is 0 Å². The van der Waals surface area contributed by atoms with E-state index in [0.717, 1.165) is 32.1 Å². The minimum absolute atomic E-state index is 0.00738. The van der Waals surface area contributed by atoms with Gasteiger partial charge < -0.3 is 25.5 Å². The lowest BCUT2D eigenvalue weighted by Gasteiger charge is -2.19. The number of aliphatic carboxylic acids is 2. The number of carboxylic acid groups (broad SMARTS) is 2. The molecule has 0 aliphatic heterocycles. The van der Waals surface area contributed by atoms with E-state index in [9.17, 15) is 24.9 Å². The number of rotatable bonds is 14. The van der Waals surface area contributed by atoms with Crippen LogP contribution in [-0.4, -0.2) is 37.5 Å². The Bertz CT molecular complexity index is 766. The summed E-state index contributed by atoms with van der Waals surface area (Å²) in [6, 6.07) is 1.38. The summed E-state index contributed by atoms with van der Waals surface area (Å²) in [4.78, 5) is 22.3. The number of carbonyl (C=O) groups is 2. The molecule has 0 unspecified atom stereocenters. The van der Waals surface area contributed by atoms with Gasteiger partial charge in [0.25, 0.3) is 0 Å². The fourth-order valence-electron chi connectivity index (χ4n) is 3.51. The summed E-state index contributed by atoms with van der Waals surface area (Å²) in [6.45, 7) is 6.79. The summed E-state index contributed by atoms with van der Waals surface area (Å²) in [6.07, 6.45) is 6.44. The SMILES string of the molecule is CC(C)(CCCCCc1cc(O)c(O)c(CCCCCC(C)(C)C(=O)O)c1O)C(=O)O. The van der Waals surface area contributed by atoms with Gasteiger partial charge in [0.1, 0.15) is 5.75 Å². The zero-order chi connectivity index (χ0) is 23.8. The third-order valence-corrected chi connectivity index (χ3v) is 6.06.